The van der Waals surface area contributed by atoms with Crippen molar-refractivity contribution in [3.63, 3.8) is 0 Å². The molecule has 3 rings (SSSR count). The van der Waals surface area contributed by atoms with Crippen LogP contribution in [-0.2, 0) is 10.0 Å². The number of nitrogens with zero attached hydrogens (tertiary/aromatic N) is 2. The highest BCUT2D eigenvalue weighted by Crippen LogP contribution is 2.36. The van der Waals surface area contributed by atoms with Gasteiger partial charge in [0.25, 0.3) is 0 Å². The first-order valence-corrected chi connectivity index (χ1v) is 8.21. The van der Waals surface area contributed by atoms with Gasteiger partial charge in [0.1, 0.15) is 5.82 Å². The van der Waals surface area contributed by atoms with Crippen LogP contribution in [0.25, 0.3) is 0 Å². The molecular formula is C14H16FN3O2S. The Labute approximate surface area is 122 Å². The van der Waals surface area contributed by atoms with Gasteiger partial charge in [-0.25, -0.2) is 12.8 Å². The van der Waals surface area contributed by atoms with E-state index in [-0.39, 0.29) is 10.9 Å². The maximum Gasteiger partial charge on any atom is 0.243 e. The molecule has 7 heteroatoms. The Morgan fingerprint density at radius 1 is 1.43 bits per heavy atom. The van der Waals surface area contributed by atoms with Crippen LogP contribution >= 0.6 is 0 Å². The molecule has 112 valence electrons. The van der Waals surface area contributed by atoms with Crippen LogP contribution in [0, 0.1) is 12.7 Å². The highest BCUT2D eigenvalue weighted by Gasteiger charge is 2.36. The predicted molar refractivity (Wildman–Crippen MR) is 75.6 cm³/mol. The molecule has 1 aromatic heterocycles. The number of hydrogen-bond acceptors (Lipinski definition) is 3. The third-order valence-electron chi connectivity index (χ3n) is 3.84. The van der Waals surface area contributed by atoms with E-state index in [4.69, 9.17) is 0 Å². The largest absolute Gasteiger partial charge is 0.285 e. The maximum absolute atomic E-state index is 13.3. The number of aryl methyl sites for hydroxylation is 1. The summed E-state index contributed by atoms with van der Waals surface area (Å²) < 4.78 is 40.4. The number of aromatic nitrogens is 2. The van der Waals surface area contributed by atoms with Crippen molar-refractivity contribution in [2.24, 2.45) is 0 Å². The Morgan fingerprint density at radius 2 is 2.24 bits per heavy atom. The molecule has 1 N–H and O–H groups in total. The van der Waals surface area contributed by atoms with Gasteiger partial charge in [0, 0.05) is 18.3 Å². The molecule has 1 aliphatic rings. The second-order valence-corrected chi connectivity index (χ2v) is 7.11. The fraction of sp³-hybridized carbons (Fsp3) is 0.357. The van der Waals surface area contributed by atoms with Gasteiger partial charge in [-0.05, 0) is 43.5 Å². The lowest BCUT2D eigenvalue weighted by Crippen LogP contribution is -2.30. The minimum absolute atomic E-state index is 0.136. The van der Waals surface area contributed by atoms with Crippen molar-refractivity contribution < 1.29 is 12.8 Å². The molecular weight excluding hydrogens is 293 g/mol. The average Bonchev–Trinajstić information content (AvgIpc) is 3.11. The number of nitrogens with one attached hydrogen (secondary N) is 1. The molecule has 2 heterocycles. The van der Waals surface area contributed by atoms with Gasteiger partial charge < -0.3 is 0 Å². The molecule has 0 saturated carbocycles. The number of benzene rings is 1. The Morgan fingerprint density at radius 3 is 2.90 bits per heavy atom. The van der Waals surface area contributed by atoms with Gasteiger partial charge in [0.2, 0.25) is 10.0 Å². The van der Waals surface area contributed by atoms with E-state index in [2.05, 4.69) is 10.2 Å². The summed E-state index contributed by atoms with van der Waals surface area (Å²) in [7, 11) is -3.63. The fourth-order valence-electron chi connectivity index (χ4n) is 2.72. The monoisotopic (exact) mass is 309 g/mol. The molecule has 1 atom stereocenters. The van der Waals surface area contributed by atoms with Crippen LogP contribution in [0.3, 0.4) is 0 Å². The number of H-pyrrole nitrogens is 1. The molecule has 2 aromatic rings. The normalized spacial score (nSPS) is 20.0. The highest BCUT2D eigenvalue weighted by molar-refractivity contribution is 7.89. The molecule has 0 spiro atoms. The summed E-state index contributed by atoms with van der Waals surface area (Å²) in [5.74, 6) is -0.401. The van der Waals surface area contributed by atoms with Crippen LogP contribution in [-0.4, -0.2) is 29.5 Å². The minimum atomic E-state index is -3.63. The summed E-state index contributed by atoms with van der Waals surface area (Å²) in [6.07, 6.45) is 4.93. The lowest BCUT2D eigenvalue weighted by atomic mass is 10.1. The van der Waals surface area contributed by atoms with Crippen molar-refractivity contribution in [3.05, 3.63) is 47.5 Å². The van der Waals surface area contributed by atoms with Crippen molar-refractivity contribution in [3.8, 4) is 0 Å². The first-order chi connectivity index (χ1) is 10.00. The van der Waals surface area contributed by atoms with E-state index in [1.807, 2.05) is 0 Å². The van der Waals surface area contributed by atoms with E-state index in [1.54, 1.807) is 19.3 Å². The lowest BCUT2D eigenvalue weighted by Gasteiger charge is -2.23. The van der Waals surface area contributed by atoms with Crippen LogP contribution in [0.2, 0.25) is 0 Å². The van der Waals surface area contributed by atoms with E-state index in [0.29, 0.717) is 12.1 Å². The van der Waals surface area contributed by atoms with Crippen LogP contribution in [0.4, 0.5) is 4.39 Å². The summed E-state index contributed by atoms with van der Waals surface area (Å²) in [4.78, 5) is 0.136. The number of rotatable bonds is 3. The van der Waals surface area contributed by atoms with E-state index in [9.17, 15) is 12.8 Å². The molecule has 0 amide bonds. The van der Waals surface area contributed by atoms with Crippen LogP contribution in [0.15, 0.2) is 35.5 Å². The molecule has 0 radical (unpaired) electrons. The quantitative estimate of drug-likeness (QED) is 0.946. The standard InChI is InChI=1S/C14H16FN3O2S/c1-10-7-12(4-5-13(10)15)21(19,20)18-6-2-3-14(18)11-8-16-17-9-11/h4-5,7-9,14H,2-3,6H2,1H3,(H,16,17)/t14-/m1/s1. The Balaban J connectivity index is 1.99. The van der Waals surface area contributed by atoms with Gasteiger partial charge in [-0.3, -0.25) is 5.10 Å². The van der Waals surface area contributed by atoms with Gasteiger partial charge in [-0.1, -0.05) is 0 Å². The average molecular weight is 309 g/mol. The van der Waals surface area contributed by atoms with Crippen LogP contribution in [0.1, 0.15) is 30.0 Å². The van der Waals surface area contributed by atoms with Crippen molar-refractivity contribution in [2.45, 2.75) is 30.7 Å². The fourth-order valence-corrected chi connectivity index (χ4v) is 4.49. The molecule has 1 aromatic carbocycles. The van der Waals surface area contributed by atoms with Crippen LogP contribution in [0.5, 0.6) is 0 Å². The van der Waals surface area contributed by atoms with Gasteiger partial charge in [0.15, 0.2) is 0 Å². The van der Waals surface area contributed by atoms with Gasteiger partial charge in [-0.2, -0.15) is 9.40 Å². The summed E-state index contributed by atoms with van der Waals surface area (Å²) in [6, 6.07) is 3.70. The van der Waals surface area contributed by atoms with Gasteiger partial charge >= 0.3 is 0 Å². The smallest absolute Gasteiger partial charge is 0.243 e. The summed E-state index contributed by atoms with van der Waals surface area (Å²) in [5, 5.41) is 6.60. The van der Waals surface area contributed by atoms with E-state index in [0.717, 1.165) is 18.4 Å². The molecule has 0 unspecified atom stereocenters. The second-order valence-electron chi connectivity index (χ2n) is 5.22. The number of hydrogen-bond donors (Lipinski definition) is 1. The Bertz CT molecular complexity index is 744. The van der Waals surface area contributed by atoms with Crippen molar-refractivity contribution in [1.82, 2.24) is 14.5 Å². The first kappa shape index (κ1) is 14.2. The number of sulfonamides is 1. The van der Waals surface area contributed by atoms with E-state index < -0.39 is 15.8 Å². The first-order valence-electron chi connectivity index (χ1n) is 6.77. The highest BCUT2D eigenvalue weighted by atomic mass is 32.2. The maximum atomic E-state index is 13.3. The Hall–Kier alpha value is -1.73. The number of halogens is 1. The summed E-state index contributed by atoms with van der Waals surface area (Å²) >= 11 is 0. The molecule has 21 heavy (non-hydrogen) atoms. The van der Waals surface area contributed by atoms with Crippen molar-refractivity contribution in [2.75, 3.05) is 6.54 Å². The molecule has 5 nitrogen and oxygen atoms in total. The van der Waals surface area contributed by atoms with Crippen molar-refractivity contribution in [1.29, 1.82) is 0 Å². The summed E-state index contributed by atoms with van der Waals surface area (Å²) in [5.41, 5.74) is 1.19. The van der Waals surface area contributed by atoms with Crippen LogP contribution < -0.4 is 0 Å². The molecule has 0 bridgehead atoms. The molecule has 1 saturated heterocycles. The molecule has 0 aliphatic carbocycles. The van der Waals surface area contributed by atoms with Gasteiger partial charge in [-0.15, -0.1) is 0 Å². The van der Waals surface area contributed by atoms with Crippen molar-refractivity contribution >= 4 is 10.0 Å². The zero-order valence-electron chi connectivity index (χ0n) is 11.6. The molecule has 1 fully saturated rings. The zero-order valence-corrected chi connectivity index (χ0v) is 12.4. The predicted octanol–water partition coefficient (Wildman–Crippen LogP) is 2.38. The third-order valence-corrected chi connectivity index (χ3v) is 5.75. The SMILES string of the molecule is Cc1cc(S(=O)(=O)N2CCC[C@@H]2c2cn[nH]c2)ccc1F. The lowest BCUT2D eigenvalue weighted by molar-refractivity contribution is 0.396. The second kappa shape index (κ2) is 5.23. The van der Waals surface area contributed by atoms with Gasteiger partial charge in [0.05, 0.1) is 17.1 Å². The minimum Gasteiger partial charge on any atom is -0.285 e. The summed E-state index contributed by atoms with van der Waals surface area (Å²) in [6.45, 7) is 2.03. The Kier molecular flexibility index (Phi) is 3.54. The number of aromatic amines is 1. The van der Waals surface area contributed by atoms with E-state index >= 15 is 0 Å². The third kappa shape index (κ3) is 2.47. The zero-order chi connectivity index (χ0) is 15.0. The molecule has 1 aliphatic heterocycles. The van der Waals surface area contributed by atoms with E-state index in [1.165, 1.54) is 22.5 Å². The topological polar surface area (TPSA) is 66.1 Å².